The van der Waals surface area contributed by atoms with Crippen LogP contribution in [0.5, 0.6) is 0 Å². The van der Waals surface area contributed by atoms with Crippen LogP contribution in [0.15, 0.2) is 0 Å². The van der Waals surface area contributed by atoms with Crippen LogP contribution in [-0.4, -0.2) is 48.5 Å². The lowest BCUT2D eigenvalue weighted by Gasteiger charge is -2.39. The fourth-order valence-electron chi connectivity index (χ4n) is 4.23. The molecule has 1 aliphatic heterocycles. The van der Waals surface area contributed by atoms with E-state index >= 15 is 0 Å². The number of rotatable bonds is 5. The van der Waals surface area contributed by atoms with E-state index in [4.69, 9.17) is 4.74 Å². The van der Waals surface area contributed by atoms with E-state index in [1.165, 1.54) is 19.3 Å². The van der Waals surface area contributed by atoms with E-state index < -0.39 is 0 Å². The molecule has 3 nitrogen and oxygen atoms in total. The second-order valence-corrected chi connectivity index (χ2v) is 8.51. The molecular weight excluding hydrogens is 298 g/mol. The third-order valence-corrected chi connectivity index (χ3v) is 5.22. The zero-order chi connectivity index (χ0) is 15.5. The second kappa shape index (κ2) is 8.86. The first-order valence-corrected chi connectivity index (χ1v) is 8.86. The fourth-order valence-corrected chi connectivity index (χ4v) is 4.23. The van der Waals surface area contributed by atoms with Crippen LogP contribution in [0.25, 0.3) is 0 Å². The predicted octanol–water partition coefficient (Wildman–Crippen LogP) is 0.315. The van der Waals surface area contributed by atoms with Crippen LogP contribution < -0.4 is 12.4 Å². The molecule has 2 aliphatic rings. The van der Waals surface area contributed by atoms with Gasteiger partial charge in [0.25, 0.3) is 0 Å². The van der Waals surface area contributed by atoms with Crippen LogP contribution in [-0.2, 0) is 4.74 Å². The number of aliphatic hydroxyl groups excluding tert-OH is 1. The van der Waals surface area contributed by atoms with Crippen molar-refractivity contribution in [3.05, 3.63) is 0 Å². The van der Waals surface area contributed by atoms with Crippen LogP contribution in [0.4, 0.5) is 0 Å². The molecule has 3 unspecified atom stereocenters. The smallest absolute Gasteiger partial charge is 0.0900 e. The second-order valence-electron chi connectivity index (χ2n) is 8.51. The first kappa shape index (κ1) is 20.2. The highest BCUT2D eigenvalue weighted by Gasteiger charge is 2.32. The van der Waals surface area contributed by atoms with Gasteiger partial charge in [0, 0.05) is 6.54 Å². The van der Waals surface area contributed by atoms with Crippen molar-refractivity contribution >= 4 is 0 Å². The molecule has 0 aromatic heterocycles. The van der Waals surface area contributed by atoms with Gasteiger partial charge in [0.15, 0.2) is 0 Å². The topological polar surface area (TPSA) is 32.7 Å². The summed E-state index contributed by atoms with van der Waals surface area (Å²) in [4.78, 5) is 2.39. The first-order chi connectivity index (χ1) is 9.84. The number of halogens is 1. The summed E-state index contributed by atoms with van der Waals surface area (Å²) in [6, 6.07) is 0. The zero-order valence-corrected chi connectivity index (χ0v) is 15.6. The average molecular weight is 333 g/mol. The van der Waals surface area contributed by atoms with Gasteiger partial charge in [-0.05, 0) is 62.4 Å². The number of hydrogen-bond donors (Lipinski definition) is 1. The number of hydrogen-bond acceptors (Lipinski definition) is 3. The number of nitrogens with zero attached hydrogens (tertiary/aromatic N) is 1. The standard InChI is InChI=1S/C18H35NO2.ClH/c1-14-5-7-19(8-6-14)12-16(20)13-21-17-9-15(2)10-18(3,4)11-17;/h14-17,20H,5-13H2,1-4H3;1H/p-1. The number of aliphatic hydroxyl groups is 1. The molecule has 1 saturated heterocycles. The molecule has 0 aromatic rings. The van der Waals surface area contributed by atoms with Crippen molar-refractivity contribution in [3.8, 4) is 0 Å². The monoisotopic (exact) mass is 332 g/mol. The van der Waals surface area contributed by atoms with Gasteiger partial charge in [-0.3, -0.25) is 0 Å². The molecule has 0 aromatic carbocycles. The summed E-state index contributed by atoms with van der Waals surface area (Å²) in [5, 5.41) is 10.2. The van der Waals surface area contributed by atoms with Gasteiger partial charge < -0.3 is 27.2 Å². The quantitative estimate of drug-likeness (QED) is 0.787. The van der Waals surface area contributed by atoms with Crippen LogP contribution in [0.1, 0.15) is 59.8 Å². The molecule has 1 aliphatic carbocycles. The SMILES string of the molecule is CC1CCN(CC(O)COC2CC(C)CC(C)(C)C2)CC1.[Cl-]. The Morgan fingerprint density at radius 3 is 2.36 bits per heavy atom. The summed E-state index contributed by atoms with van der Waals surface area (Å²) in [6.07, 6.45) is 6.10. The van der Waals surface area contributed by atoms with Crippen molar-refractivity contribution in [1.29, 1.82) is 0 Å². The first-order valence-electron chi connectivity index (χ1n) is 8.86. The van der Waals surface area contributed by atoms with Crippen LogP contribution in [0, 0.1) is 17.3 Å². The Hall–Kier alpha value is 0.170. The lowest BCUT2D eigenvalue weighted by molar-refractivity contribution is -0.0626. The van der Waals surface area contributed by atoms with Crippen LogP contribution in [0.3, 0.4) is 0 Å². The summed E-state index contributed by atoms with van der Waals surface area (Å²) in [7, 11) is 0. The minimum atomic E-state index is -0.334. The Morgan fingerprint density at radius 2 is 1.77 bits per heavy atom. The minimum Gasteiger partial charge on any atom is -1.00 e. The number of piperidine rings is 1. The highest BCUT2D eigenvalue weighted by Crippen LogP contribution is 2.39. The Bertz CT molecular complexity index is 316. The van der Waals surface area contributed by atoms with E-state index in [9.17, 15) is 5.11 Å². The van der Waals surface area contributed by atoms with Crippen molar-refractivity contribution in [3.63, 3.8) is 0 Å². The largest absolute Gasteiger partial charge is 1.00 e. The van der Waals surface area contributed by atoms with Crippen molar-refractivity contribution < 1.29 is 22.3 Å². The highest BCUT2D eigenvalue weighted by atomic mass is 35.5. The molecule has 22 heavy (non-hydrogen) atoms. The summed E-state index contributed by atoms with van der Waals surface area (Å²) < 4.78 is 6.04. The molecule has 1 saturated carbocycles. The molecule has 0 spiro atoms. The minimum absolute atomic E-state index is 0. The van der Waals surface area contributed by atoms with Gasteiger partial charge in [0.2, 0.25) is 0 Å². The van der Waals surface area contributed by atoms with E-state index in [-0.39, 0.29) is 18.5 Å². The molecule has 3 atom stereocenters. The maximum atomic E-state index is 10.2. The van der Waals surface area contributed by atoms with E-state index in [0.717, 1.165) is 44.3 Å². The normalized spacial score (nSPS) is 31.5. The molecule has 1 heterocycles. The molecule has 2 fully saturated rings. The van der Waals surface area contributed by atoms with Crippen molar-refractivity contribution in [1.82, 2.24) is 4.90 Å². The number of β-amino-alcohol motifs (C(OH)–C–C–N with tert-alkyl or cyclic N) is 1. The summed E-state index contributed by atoms with van der Waals surface area (Å²) in [5.41, 5.74) is 0.385. The Morgan fingerprint density at radius 1 is 1.14 bits per heavy atom. The molecule has 0 bridgehead atoms. The van der Waals surface area contributed by atoms with Gasteiger partial charge in [0.05, 0.1) is 18.8 Å². The van der Waals surface area contributed by atoms with E-state index in [1.54, 1.807) is 0 Å². The van der Waals surface area contributed by atoms with Crippen molar-refractivity contribution in [2.75, 3.05) is 26.2 Å². The molecule has 4 heteroatoms. The lowest BCUT2D eigenvalue weighted by atomic mass is 9.71. The van der Waals surface area contributed by atoms with Crippen molar-refractivity contribution in [2.24, 2.45) is 17.3 Å². The van der Waals surface area contributed by atoms with Gasteiger partial charge in [-0.15, -0.1) is 0 Å². The Kier molecular flexibility index (Phi) is 8.15. The molecule has 0 radical (unpaired) electrons. The average Bonchev–Trinajstić information content (AvgIpc) is 2.37. The predicted molar refractivity (Wildman–Crippen MR) is 87.4 cm³/mol. The zero-order valence-electron chi connectivity index (χ0n) is 14.9. The van der Waals surface area contributed by atoms with Gasteiger partial charge in [-0.25, -0.2) is 0 Å². The number of likely N-dealkylation sites (tertiary alicyclic amines) is 1. The van der Waals surface area contributed by atoms with E-state index in [0.29, 0.717) is 18.1 Å². The van der Waals surface area contributed by atoms with E-state index in [1.807, 2.05) is 0 Å². The van der Waals surface area contributed by atoms with Crippen LogP contribution >= 0.6 is 0 Å². The molecule has 0 amide bonds. The lowest BCUT2D eigenvalue weighted by Crippen LogP contribution is -3.00. The molecule has 1 N–H and O–H groups in total. The Labute approximate surface area is 143 Å². The summed E-state index contributed by atoms with van der Waals surface area (Å²) >= 11 is 0. The number of ether oxygens (including phenoxy) is 1. The molecular formula is C18H35ClNO2-. The van der Waals surface area contributed by atoms with Gasteiger partial charge in [-0.2, -0.15) is 0 Å². The summed E-state index contributed by atoms with van der Waals surface area (Å²) in [5.74, 6) is 1.58. The maximum Gasteiger partial charge on any atom is 0.0900 e. The fraction of sp³-hybridized carbons (Fsp3) is 1.00. The van der Waals surface area contributed by atoms with Gasteiger partial charge in [0.1, 0.15) is 0 Å². The Balaban J connectivity index is 0.00000242. The third kappa shape index (κ3) is 6.74. The highest BCUT2D eigenvalue weighted by molar-refractivity contribution is 4.83. The van der Waals surface area contributed by atoms with Gasteiger partial charge in [-0.1, -0.05) is 27.7 Å². The summed E-state index contributed by atoms with van der Waals surface area (Å²) in [6.45, 7) is 12.9. The third-order valence-electron chi connectivity index (χ3n) is 5.22. The molecule has 2 rings (SSSR count). The van der Waals surface area contributed by atoms with Crippen molar-refractivity contribution in [2.45, 2.75) is 72.0 Å². The van der Waals surface area contributed by atoms with Crippen LogP contribution in [0.2, 0.25) is 0 Å². The van der Waals surface area contributed by atoms with Gasteiger partial charge >= 0.3 is 0 Å². The molecule has 132 valence electrons. The maximum absolute atomic E-state index is 10.2. The van der Waals surface area contributed by atoms with E-state index in [2.05, 4.69) is 32.6 Å².